The predicted octanol–water partition coefficient (Wildman–Crippen LogP) is 2.23. The average molecular weight is 220 g/mol. The van der Waals surface area contributed by atoms with E-state index in [1.807, 2.05) is 0 Å². The third-order valence-electron chi connectivity index (χ3n) is 2.05. The first kappa shape index (κ1) is 10.4. The number of nitrogens with zero attached hydrogens (tertiary/aromatic N) is 2. The molecule has 16 heavy (non-hydrogen) atoms. The summed E-state index contributed by atoms with van der Waals surface area (Å²) in [7, 11) is 0. The molecular formula is C11H6F2N2O. The maximum atomic E-state index is 13.4. The van der Waals surface area contributed by atoms with Crippen molar-refractivity contribution in [2.24, 2.45) is 0 Å². The summed E-state index contributed by atoms with van der Waals surface area (Å²) in [4.78, 5) is 18.2. The molecule has 5 heteroatoms. The van der Waals surface area contributed by atoms with Gasteiger partial charge < -0.3 is 0 Å². The molecule has 0 bridgehead atoms. The van der Waals surface area contributed by atoms with Crippen molar-refractivity contribution < 1.29 is 13.6 Å². The van der Waals surface area contributed by atoms with Crippen LogP contribution in [0, 0.1) is 11.6 Å². The van der Waals surface area contributed by atoms with E-state index in [-0.39, 0.29) is 16.8 Å². The van der Waals surface area contributed by atoms with Gasteiger partial charge in [-0.2, -0.15) is 0 Å². The van der Waals surface area contributed by atoms with E-state index in [9.17, 15) is 13.6 Å². The molecule has 2 rings (SSSR count). The molecule has 2 aromatic rings. The van der Waals surface area contributed by atoms with Crippen molar-refractivity contribution >= 4 is 6.29 Å². The molecule has 0 saturated heterocycles. The second-order valence-corrected chi connectivity index (χ2v) is 3.07. The van der Waals surface area contributed by atoms with Gasteiger partial charge in [0.25, 0.3) is 0 Å². The van der Waals surface area contributed by atoms with Gasteiger partial charge in [-0.3, -0.25) is 4.79 Å². The number of halogens is 2. The Morgan fingerprint density at radius 1 is 1.25 bits per heavy atom. The minimum Gasteiger partial charge on any atom is -0.298 e. The Morgan fingerprint density at radius 2 is 2.06 bits per heavy atom. The second kappa shape index (κ2) is 4.14. The Kier molecular flexibility index (Phi) is 2.68. The standard InChI is InChI=1S/C11H6F2N2O/c12-8-1-2-9(10(13)3-8)11-7(5-16)4-14-6-15-11/h1-6H. The molecule has 0 saturated carbocycles. The Labute approximate surface area is 89.8 Å². The summed E-state index contributed by atoms with van der Waals surface area (Å²) < 4.78 is 26.1. The van der Waals surface area contributed by atoms with Crippen LogP contribution in [0.5, 0.6) is 0 Å². The highest BCUT2D eigenvalue weighted by atomic mass is 19.1. The number of carbonyl (C=O) groups is 1. The first-order valence-corrected chi connectivity index (χ1v) is 4.43. The second-order valence-electron chi connectivity index (χ2n) is 3.07. The lowest BCUT2D eigenvalue weighted by atomic mass is 10.1. The fraction of sp³-hybridized carbons (Fsp3) is 0. The molecule has 1 heterocycles. The van der Waals surface area contributed by atoms with Gasteiger partial charge >= 0.3 is 0 Å². The molecule has 0 aliphatic heterocycles. The Hall–Kier alpha value is -2.17. The molecule has 0 spiro atoms. The number of benzene rings is 1. The van der Waals surface area contributed by atoms with E-state index in [0.717, 1.165) is 12.1 Å². The minimum absolute atomic E-state index is 0.0749. The molecule has 1 aromatic carbocycles. The number of rotatable bonds is 2. The summed E-state index contributed by atoms with van der Waals surface area (Å²) in [6.45, 7) is 0. The molecule has 0 unspecified atom stereocenters. The van der Waals surface area contributed by atoms with Crippen LogP contribution in [0.15, 0.2) is 30.7 Å². The number of aromatic nitrogens is 2. The van der Waals surface area contributed by atoms with Gasteiger partial charge in [0.2, 0.25) is 0 Å². The summed E-state index contributed by atoms with van der Waals surface area (Å²) in [6.07, 6.45) is 3.00. The maximum absolute atomic E-state index is 13.4. The highest BCUT2D eigenvalue weighted by Crippen LogP contribution is 2.23. The monoisotopic (exact) mass is 220 g/mol. The first-order chi connectivity index (χ1) is 7.72. The first-order valence-electron chi connectivity index (χ1n) is 4.43. The van der Waals surface area contributed by atoms with Crippen molar-refractivity contribution in [2.75, 3.05) is 0 Å². The van der Waals surface area contributed by atoms with Gasteiger partial charge in [-0.25, -0.2) is 18.7 Å². The van der Waals surface area contributed by atoms with Crippen molar-refractivity contribution in [3.8, 4) is 11.3 Å². The number of hydrogen-bond donors (Lipinski definition) is 0. The molecule has 80 valence electrons. The maximum Gasteiger partial charge on any atom is 0.153 e. The van der Waals surface area contributed by atoms with E-state index in [0.29, 0.717) is 6.29 Å². The zero-order valence-corrected chi connectivity index (χ0v) is 8.02. The van der Waals surface area contributed by atoms with Crippen LogP contribution in [0.2, 0.25) is 0 Å². The molecule has 0 N–H and O–H groups in total. The van der Waals surface area contributed by atoms with E-state index < -0.39 is 11.6 Å². The molecule has 0 atom stereocenters. The Balaban J connectivity index is 2.62. The topological polar surface area (TPSA) is 42.9 Å². The van der Waals surface area contributed by atoms with Crippen LogP contribution < -0.4 is 0 Å². The van der Waals surface area contributed by atoms with E-state index >= 15 is 0 Å². The molecule has 0 aliphatic rings. The normalized spacial score (nSPS) is 10.1. The fourth-order valence-electron chi connectivity index (χ4n) is 1.33. The van der Waals surface area contributed by atoms with Crippen LogP contribution in [0.1, 0.15) is 10.4 Å². The summed E-state index contributed by atoms with van der Waals surface area (Å²) in [5.74, 6) is -1.44. The van der Waals surface area contributed by atoms with E-state index in [4.69, 9.17) is 0 Å². The molecule has 0 radical (unpaired) electrons. The zero-order chi connectivity index (χ0) is 11.5. The van der Waals surface area contributed by atoms with Crippen molar-refractivity contribution in [3.05, 3.63) is 47.9 Å². The zero-order valence-electron chi connectivity index (χ0n) is 8.02. The number of carbonyl (C=O) groups excluding carboxylic acids is 1. The lowest BCUT2D eigenvalue weighted by molar-refractivity contribution is 0.112. The highest BCUT2D eigenvalue weighted by molar-refractivity contribution is 5.85. The van der Waals surface area contributed by atoms with Crippen molar-refractivity contribution in [2.45, 2.75) is 0 Å². The fourth-order valence-corrected chi connectivity index (χ4v) is 1.33. The van der Waals surface area contributed by atoms with Gasteiger partial charge in [0.15, 0.2) is 6.29 Å². The van der Waals surface area contributed by atoms with Crippen LogP contribution in [0.25, 0.3) is 11.3 Å². The predicted molar refractivity (Wildman–Crippen MR) is 52.8 cm³/mol. The molecular weight excluding hydrogens is 214 g/mol. The third-order valence-corrected chi connectivity index (χ3v) is 2.05. The van der Waals surface area contributed by atoms with Crippen LogP contribution in [0.3, 0.4) is 0 Å². The van der Waals surface area contributed by atoms with E-state index in [1.54, 1.807) is 0 Å². The molecule has 3 nitrogen and oxygen atoms in total. The minimum atomic E-state index is -0.762. The molecule has 1 aromatic heterocycles. The van der Waals surface area contributed by atoms with Crippen LogP contribution in [-0.2, 0) is 0 Å². The van der Waals surface area contributed by atoms with Crippen LogP contribution >= 0.6 is 0 Å². The van der Waals surface area contributed by atoms with Crippen LogP contribution in [-0.4, -0.2) is 16.3 Å². The van der Waals surface area contributed by atoms with Gasteiger partial charge in [0.1, 0.15) is 18.0 Å². The number of hydrogen-bond acceptors (Lipinski definition) is 3. The summed E-state index contributed by atoms with van der Waals surface area (Å²) in [5, 5.41) is 0. The Bertz CT molecular complexity index is 543. The Morgan fingerprint density at radius 3 is 2.75 bits per heavy atom. The highest BCUT2D eigenvalue weighted by Gasteiger charge is 2.11. The summed E-state index contributed by atoms with van der Waals surface area (Å²) in [6, 6.07) is 3.08. The van der Waals surface area contributed by atoms with Gasteiger partial charge in [0.05, 0.1) is 11.3 Å². The van der Waals surface area contributed by atoms with Crippen molar-refractivity contribution in [1.29, 1.82) is 0 Å². The largest absolute Gasteiger partial charge is 0.298 e. The van der Waals surface area contributed by atoms with Gasteiger partial charge in [-0.05, 0) is 12.1 Å². The lowest BCUT2D eigenvalue weighted by Gasteiger charge is -2.04. The van der Waals surface area contributed by atoms with Gasteiger partial charge in [-0.1, -0.05) is 0 Å². The molecule has 0 fully saturated rings. The van der Waals surface area contributed by atoms with E-state index in [2.05, 4.69) is 9.97 Å². The van der Waals surface area contributed by atoms with Crippen LogP contribution in [0.4, 0.5) is 8.78 Å². The van der Waals surface area contributed by atoms with Crippen molar-refractivity contribution in [1.82, 2.24) is 9.97 Å². The smallest absolute Gasteiger partial charge is 0.153 e. The van der Waals surface area contributed by atoms with Gasteiger partial charge in [0, 0.05) is 17.8 Å². The molecule has 0 amide bonds. The molecule has 0 aliphatic carbocycles. The SMILES string of the molecule is O=Cc1cncnc1-c1ccc(F)cc1F. The van der Waals surface area contributed by atoms with E-state index in [1.165, 1.54) is 18.6 Å². The summed E-state index contributed by atoms with van der Waals surface area (Å²) >= 11 is 0. The average Bonchev–Trinajstić information content (AvgIpc) is 2.29. The van der Waals surface area contributed by atoms with Crippen molar-refractivity contribution in [3.63, 3.8) is 0 Å². The van der Waals surface area contributed by atoms with Gasteiger partial charge in [-0.15, -0.1) is 0 Å². The quantitative estimate of drug-likeness (QED) is 0.729. The third kappa shape index (κ3) is 1.79. The lowest BCUT2D eigenvalue weighted by Crippen LogP contribution is -1.95. The summed E-state index contributed by atoms with van der Waals surface area (Å²) in [5.41, 5.74) is 0.390. The number of aldehydes is 1.